The summed E-state index contributed by atoms with van der Waals surface area (Å²) in [5.41, 5.74) is 5.77. The van der Waals surface area contributed by atoms with Crippen LogP contribution in [0.5, 0.6) is 0 Å². The van der Waals surface area contributed by atoms with E-state index in [9.17, 15) is 4.79 Å². The number of aromatic nitrogens is 6. The van der Waals surface area contributed by atoms with Gasteiger partial charge in [-0.15, -0.1) is 5.10 Å². The standard InChI is InChI=1S/C24H24N6OS/c1-15-4-2-3-5-20(15)30-22-18-10-11-25-23(18)26-12-21(22)29(24(30)31)13-16-6-8-17(9-7-16)19-14-32-28-27-19/h6-12,14-15,20H,2-5,13H2,1H3,(H,25,26)/t15-,20+/m1/s1. The van der Waals surface area contributed by atoms with Crippen LogP contribution >= 0.6 is 11.5 Å². The zero-order valence-corrected chi connectivity index (χ0v) is 18.7. The maximum atomic E-state index is 13.8. The quantitative estimate of drug-likeness (QED) is 0.423. The van der Waals surface area contributed by atoms with Gasteiger partial charge in [0.15, 0.2) is 0 Å². The summed E-state index contributed by atoms with van der Waals surface area (Å²) in [5, 5.41) is 7.09. The number of nitrogens with zero attached hydrogens (tertiary/aromatic N) is 5. The van der Waals surface area contributed by atoms with Gasteiger partial charge in [0.1, 0.15) is 11.3 Å². The Hall–Kier alpha value is -3.26. The SMILES string of the molecule is C[C@@H]1CCCC[C@@H]1n1c(=O)n(Cc2ccc(-c3csnn3)cc2)c2cnc3[nH]ccc3c21. The molecule has 162 valence electrons. The van der Waals surface area contributed by atoms with Crippen LogP contribution in [0.2, 0.25) is 0 Å². The molecule has 7 nitrogen and oxygen atoms in total. The van der Waals surface area contributed by atoms with Gasteiger partial charge in [-0.05, 0) is 41.9 Å². The van der Waals surface area contributed by atoms with Crippen LogP contribution in [0.3, 0.4) is 0 Å². The molecule has 0 unspecified atom stereocenters. The van der Waals surface area contributed by atoms with E-state index in [1.54, 1.807) is 0 Å². The Kier molecular flexibility index (Phi) is 4.68. The lowest BCUT2D eigenvalue weighted by Gasteiger charge is -2.29. The molecule has 1 aliphatic rings. The molecule has 1 aromatic carbocycles. The zero-order chi connectivity index (χ0) is 21.7. The number of hydrogen-bond donors (Lipinski definition) is 1. The summed E-state index contributed by atoms with van der Waals surface area (Å²) in [6, 6.07) is 10.5. The van der Waals surface area contributed by atoms with Crippen molar-refractivity contribution in [3.05, 3.63) is 64.2 Å². The van der Waals surface area contributed by atoms with E-state index in [1.165, 1.54) is 24.4 Å². The molecule has 0 aliphatic heterocycles. The van der Waals surface area contributed by atoms with Gasteiger partial charge in [-0.3, -0.25) is 9.13 Å². The topological polar surface area (TPSA) is 81.4 Å². The number of fused-ring (bicyclic) bond motifs is 3. The Morgan fingerprint density at radius 2 is 2.00 bits per heavy atom. The molecular formula is C24H24N6OS. The van der Waals surface area contributed by atoms with Crippen molar-refractivity contribution in [2.24, 2.45) is 5.92 Å². The molecule has 4 heterocycles. The number of pyridine rings is 1. The van der Waals surface area contributed by atoms with Crippen LogP contribution in [0, 0.1) is 5.92 Å². The van der Waals surface area contributed by atoms with E-state index in [1.807, 2.05) is 40.5 Å². The summed E-state index contributed by atoms with van der Waals surface area (Å²) in [4.78, 5) is 21.6. The van der Waals surface area contributed by atoms with E-state index in [0.29, 0.717) is 12.5 Å². The van der Waals surface area contributed by atoms with Gasteiger partial charge in [0.25, 0.3) is 0 Å². The average molecular weight is 445 g/mol. The third-order valence-corrected chi connectivity index (χ3v) is 7.36. The van der Waals surface area contributed by atoms with Gasteiger partial charge in [0.05, 0.1) is 23.8 Å². The van der Waals surface area contributed by atoms with Gasteiger partial charge in [0, 0.05) is 28.6 Å². The third kappa shape index (κ3) is 3.09. The fraction of sp³-hybridized carbons (Fsp3) is 0.333. The Labute approximate surface area is 188 Å². The highest BCUT2D eigenvalue weighted by Gasteiger charge is 2.28. The van der Waals surface area contributed by atoms with Crippen LogP contribution in [0.25, 0.3) is 33.3 Å². The number of H-pyrrole nitrogens is 1. The summed E-state index contributed by atoms with van der Waals surface area (Å²) >= 11 is 1.34. The maximum absolute atomic E-state index is 13.8. The number of imidazole rings is 1. The molecule has 32 heavy (non-hydrogen) atoms. The van der Waals surface area contributed by atoms with Crippen molar-refractivity contribution < 1.29 is 0 Å². The van der Waals surface area contributed by atoms with Crippen LogP contribution in [0.15, 0.2) is 52.9 Å². The summed E-state index contributed by atoms with van der Waals surface area (Å²) < 4.78 is 7.89. The summed E-state index contributed by atoms with van der Waals surface area (Å²) in [5.74, 6) is 0.480. The first-order chi connectivity index (χ1) is 15.7. The second kappa shape index (κ2) is 7.70. The maximum Gasteiger partial charge on any atom is 0.329 e. The van der Waals surface area contributed by atoms with Crippen molar-refractivity contribution in [3.8, 4) is 11.3 Å². The van der Waals surface area contributed by atoms with Crippen molar-refractivity contribution >= 4 is 33.6 Å². The predicted molar refractivity (Wildman–Crippen MR) is 127 cm³/mol. The lowest BCUT2D eigenvalue weighted by Crippen LogP contribution is -2.32. The highest BCUT2D eigenvalue weighted by Crippen LogP contribution is 2.36. The highest BCUT2D eigenvalue weighted by molar-refractivity contribution is 7.03. The van der Waals surface area contributed by atoms with Crippen LogP contribution < -0.4 is 5.69 Å². The van der Waals surface area contributed by atoms with E-state index >= 15 is 0 Å². The molecule has 0 bridgehead atoms. The van der Waals surface area contributed by atoms with Gasteiger partial charge in [-0.25, -0.2) is 9.78 Å². The predicted octanol–water partition coefficient (Wildman–Crippen LogP) is 5.00. The monoisotopic (exact) mass is 444 g/mol. The van der Waals surface area contributed by atoms with E-state index in [2.05, 4.69) is 43.2 Å². The van der Waals surface area contributed by atoms with Crippen molar-refractivity contribution in [2.45, 2.75) is 45.2 Å². The molecule has 4 aromatic heterocycles. The normalized spacial score (nSPS) is 19.2. The molecule has 6 rings (SSSR count). The number of benzene rings is 1. The van der Waals surface area contributed by atoms with Crippen LogP contribution in [-0.2, 0) is 6.54 Å². The third-order valence-electron chi connectivity index (χ3n) is 6.86. The Balaban J connectivity index is 1.48. The second-order valence-corrected chi connectivity index (χ2v) is 9.40. The van der Waals surface area contributed by atoms with Gasteiger partial charge >= 0.3 is 5.69 Å². The average Bonchev–Trinajstić information content (AvgIpc) is 3.55. The minimum atomic E-state index is 0.0574. The van der Waals surface area contributed by atoms with Crippen LogP contribution in [-0.4, -0.2) is 28.7 Å². The fourth-order valence-corrected chi connectivity index (χ4v) is 5.62. The molecule has 0 radical (unpaired) electrons. The number of aromatic amines is 1. The lowest BCUT2D eigenvalue weighted by atomic mass is 9.85. The van der Waals surface area contributed by atoms with E-state index in [-0.39, 0.29) is 11.7 Å². The molecule has 0 saturated heterocycles. The van der Waals surface area contributed by atoms with Crippen LogP contribution in [0.1, 0.15) is 44.2 Å². The first kappa shape index (κ1) is 19.4. The largest absolute Gasteiger partial charge is 0.346 e. The molecule has 0 spiro atoms. The van der Waals surface area contributed by atoms with Crippen LogP contribution in [0.4, 0.5) is 0 Å². The van der Waals surface area contributed by atoms with Gasteiger partial charge in [-0.2, -0.15) is 0 Å². The van der Waals surface area contributed by atoms with Gasteiger partial charge in [0.2, 0.25) is 0 Å². The smallest absolute Gasteiger partial charge is 0.329 e. The minimum Gasteiger partial charge on any atom is -0.346 e. The first-order valence-electron chi connectivity index (χ1n) is 11.1. The Bertz CT molecular complexity index is 1440. The van der Waals surface area contributed by atoms with Crippen molar-refractivity contribution in [1.82, 2.24) is 28.7 Å². The molecular weight excluding hydrogens is 420 g/mol. The van der Waals surface area contributed by atoms with E-state index < -0.39 is 0 Å². The molecule has 1 N–H and O–H groups in total. The minimum absolute atomic E-state index is 0.0574. The molecule has 1 saturated carbocycles. The summed E-state index contributed by atoms with van der Waals surface area (Å²) in [6.45, 7) is 2.79. The van der Waals surface area contributed by atoms with Crippen molar-refractivity contribution in [3.63, 3.8) is 0 Å². The molecule has 8 heteroatoms. The number of hydrogen-bond acceptors (Lipinski definition) is 5. The van der Waals surface area contributed by atoms with Gasteiger partial charge < -0.3 is 4.98 Å². The highest BCUT2D eigenvalue weighted by atomic mass is 32.1. The second-order valence-electron chi connectivity index (χ2n) is 8.79. The lowest BCUT2D eigenvalue weighted by molar-refractivity contribution is 0.256. The zero-order valence-electron chi connectivity index (χ0n) is 17.9. The Morgan fingerprint density at radius 1 is 1.16 bits per heavy atom. The molecule has 1 aliphatic carbocycles. The van der Waals surface area contributed by atoms with E-state index in [0.717, 1.165) is 51.7 Å². The Morgan fingerprint density at radius 3 is 2.78 bits per heavy atom. The van der Waals surface area contributed by atoms with Crippen molar-refractivity contribution in [1.29, 1.82) is 0 Å². The summed E-state index contributed by atoms with van der Waals surface area (Å²) in [7, 11) is 0. The van der Waals surface area contributed by atoms with E-state index in [4.69, 9.17) is 0 Å². The van der Waals surface area contributed by atoms with Crippen molar-refractivity contribution in [2.75, 3.05) is 0 Å². The molecule has 1 fully saturated rings. The fourth-order valence-electron chi connectivity index (χ4n) is 5.16. The first-order valence-corrected chi connectivity index (χ1v) is 12.0. The number of nitrogens with one attached hydrogen (secondary N) is 1. The van der Waals surface area contributed by atoms with Gasteiger partial charge in [-0.1, -0.05) is 48.5 Å². The number of rotatable bonds is 4. The molecule has 5 aromatic rings. The molecule has 2 atom stereocenters. The molecule has 0 amide bonds. The summed E-state index contributed by atoms with van der Waals surface area (Å²) in [6.07, 6.45) is 8.37.